The van der Waals surface area contributed by atoms with E-state index >= 15 is 0 Å². The van der Waals surface area contributed by atoms with Gasteiger partial charge in [-0.15, -0.1) is 0 Å². The third-order valence-electron chi connectivity index (χ3n) is 4.81. The smallest absolute Gasteiger partial charge is 0.343 e. The number of methoxy groups -OCH3 is 1. The van der Waals surface area contributed by atoms with Gasteiger partial charge in [0.2, 0.25) is 0 Å². The number of hydrogen-bond acceptors (Lipinski definition) is 6. The van der Waals surface area contributed by atoms with Gasteiger partial charge < -0.3 is 14.2 Å². The van der Waals surface area contributed by atoms with Gasteiger partial charge in [-0.1, -0.05) is 36.5 Å². The van der Waals surface area contributed by atoms with Crippen LogP contribution < -0.4 is 19.6 Å². The van der Waals surface area contributed by atoms with Crippen LogP contribution in [-0.2, 0) is 0 Å². The fourth-order valence-corrected chi connectivity index (χ4v) is 3.20. The maximum atomic E-state index is 12.4. The highest BCUT2D eigenvalue weighted by molar-refractivity contribution is 6.42. The predicted octanol–water partition coefficient (Wildman–Crippen LogP) is 6.16. The van der Waals surface area contributed by atoms with E-state index in [2.05, 4.69) is 17.5 Å². The molecule has 0 aromatic heterocycles. The summed E-state index contributed by atoms with van der Waals surface area (Å²) >= 11 is 11.9. The maximum Gasteiger partial charge on any atom is 0.343 e. The molecule has 3 aromatic rings. The minimum atomic E-state index is -0.614. The number of carbonyl (C=O) groups excluding carboxylic acids is 2. The number of nitrogens with zero attached hydrogens (tertiary/aromatic N) is 1. The van der Waals surface area contributed by atoms with Crippen molar-refractivity contribution in [3.05, 3.63) is 87.4 Å². The van der Waals surface area contributed by atoms with E-state index in [1.807, 2.05) is 0 Å². The molecule has 0 aliphatic carbocycles. The summed E-state index contributed by atoms with van der Waals surface area (Å²) < 4.78 is 16.3. The summed E-state index contributed by atoms with van der Waals surface area (Å²) in [5.74, 6) is 0.265. The molecule has 3 aromatic carbocycles. The lowest BCUT2D eigenvalue weighted by molar-refractivity contribution is 0.0729. The van der Waals surface area contributed by atoms with Gasteiger partial charge in [-0.3, -0.25) is 4.79 Å². The minimum absolute atomic E-state index is 0.214. The van der Waals surface area contributed by atoms with Crippen LogP contribution in [-0.4, -0.2) is 31.8 Å². The second kappa shape index (κ2) is 12.8. The molecule has 1 N–H and O–H groups in total. The lowest BCUT2D eigenvalue weighted by atomic mass is 10.2. The Morgan fingerprint density at radius 2 is 1.69 bits per heavy atom. The van der Waals surface area contributed by atoms with Crippen molar-refractivity contribution in [1.82, 2.24) is 5.43 Å². The number of ether oxygens (including phenoxy) is 3. The van der Waals surface area contributed by atoms with E-state index < -0.39 is 5.97 Å². The standard InChI is InChI=1S/C26H24Cl2N2O5/c1-3-4-13-34-20-9-6-18(7-10-20)25(31)30-29-16-17-5-12-23(24(14-17)33-2)35-26(32)19-8-11-21(27)22(28)15-19/h5-12,14-16H,3-4,13H2,1-2H3,(H,30,31). The van der Waals surface area contributed by atoms with Gasteiger partial charge in [0.15, 0.2) is 11.5 Å². The monoisotopic (exact) mass is 514 g/mol. The molecule has 0 atom stereocenters. The summed E-state index contributed by atoms with van der Waals surface area (Å²) in [6, 6.07) is 16.1. The van der Waals surface area contributed by atoms with E-state index in [0.29, 0.717) is 34.3 Å². The molecule has 0 radical (unpaired) electrons. The van der Waals surface area contributed by atoms with Crippen LogP contribution in [0.1, 0.15) is 46.0 Å². The molecule has 0 saturated heterocycles. The average molecular weight is 515 g/mol. The third-order valence-corrected chi connectivity index (χ3v) is 5.55. The molecule has 3 rings (SSSR count). The molecule has 0 aliphatic heterocycles. The van der Waals surface area contributed by atoms with Crippen molar-refractivity contribution in [2.75, 3.05) is 13.7 Å². The fourth-order valence-electron chi connectivity index (χ4n) is 2.90. The summed E-state index contributed by atoms with van der Waals surface area (Å²) in [5.41, 5.74) is 3.79. The van der Waals surface area contributed by atoms with E-state index in [9.17, 15) is 9.59 Å². The Hall–Kier alpha value is -3.55. The molecular weight excluding hydrogens is 491 g/mol. The minimum Gasteiger partial charge on any atom is -0.494 e. The quantitative estimate of drug-likeness (QED) is 0.115. The van der Waals surface area contributed by atoms with Crippen LogP contribution in [0.3, 0.4) is 0 Å². The summed E-state index contributed by atoms with van der Waals surface area (Å²) in [7, 11) is 1.45. The average Bonchev–Trinajstić information content (AvgIpc) is 2.87. The molecule has 0 aliphatic rings. The zero-order chi connectivity index (χ0) is 25.2. The Kier molecular flexibility index (Phi) is 9.52. The number of hydrogen-bond donors (Lipinski definition) is 1. The van der Waals surface area contributed by atoms with Crippen molar-refractivity contribution < 1.29 is 23.8 Å². The highest BCUT2D eigenvalue weighted by atomic mass is 35.5. The van der Waals surface area contributed by atoms with Crippen LogP contribution in [0.15, 0.2) is 65.8 Å². The summed E-state index contributed by atoms with van der Waals surface area (Å²) in [5, 5.41) is 4.57. The number of amides is 1. The van der Waals surface area contributed by atoms with E-state index in [1.165, 1.54) is 31.5 Å². The van der Waals surface area contributed by atoms with Crippen molar-refractivity contribution in [2.24, 2.45) is 5.10 Å². The van der Waals surface area contributed by atoms with Crippen molar-refractivity contribution in [1.29, 1.82) is 0 Å². The highest BCUT2D eigenvalue weighted by Crippen LogP contribution is 2.29. The van der Waals surface area contributed by atoms with Crippen LogP contribution in [0.4, 0.5) is 0 Å². The van der Waals surface area contributed by atoms with Crippen LogP contribution in [0.5, 0.6) is 17.2 Å². The predicted molar refractivity (Wildman–Crippen MR) is 136 cm³/mol. The summed E-state index contributed by atoms with van der Waals surface area (Å²) in [6.45, 7) is 2.74. The van der Waals surface area contributed by atoms with Crippen molar-refractivity contribution >= 4 is 41.3 Å². The van der Waals surface area contributed by atoms with E-state index in [4.69, 9.17) is 37.4 Å². The maximum absolute atomic E-state index is 12.4. The summed E-state index contributed by atoms with van der Waals surface area (Å²) in [6.07, 6.45) is 3.48. The Labute approximate surface area is 213 Å². The third kappa shape index (κ3) is 7.47. The molecule has 9 heteroatoms. The lowest BCUT2D eigenvalue weighted by Gasteiger charge is -2.10. The molecule has 0 bridgehead atoms. The van der Waals surface area contributed by atoms with Gasteiger partial charge in [-0.25, -0.2) is 10.2 Å². The first-order valence-corrected chi connectivity index (χ1v) is 11.6. The van der Waals surface area contributed by atoms with E-state index in [-0.39, 0.29) is 22.2 Å². The number of hydrazone groups is 1. The summed E-state index contributed by atoms with van der Waals surface area (Å²) in [4.78, 5) is 24.8. The number of carbonyl (C=O) groups is 2. The van der Waals surface area contributed by atoms with Crippen LogP contribution in [0, 0.1) is 0 Å². The topological polar surface area (TPSA) is 86.2 Å². The number of halogens is 2. The SMILES string of the molecule is CCCCOc1ccc(C(=O)NN=Cc2ccc(OC(=O)c3ccc(Cl)c(Cl)c3)c(OC)c2)cc1. The van der Waals surface area contributed by atoms with E-state index in [0.717, 1.165) is 12.8 Å². The van der Waals surface area contributed by atoms with Crippen LogP contribution in [0.25, 0.3) is 0 Å². The number of esters is 1. The Balaban J connectivity index is 1.60. The molecule has 0 spiro atoms. The van der Waals surface area contributed by atoms with Gasteiger partial charge >= 0.3 is 5.97 Å². The van der Waals surface area contributed by atoms with Crippen LogP contribution in [0.2, 0.25) is 10.0 Å². The van der Waals surface area contributed by atoms with Gasteiger partial charge in [0, 0.05) is 5.56 Å². The first kappa shape index (κ1) is 26.1. The molecule has 35 heavy (non-hydrogen) atoms. The molecule has 7 nitrogen and oxygen atoms in total. The van der Waals surface area contributed by atoms with Crippen molar-refractivity contribution in [2.45, 2.75) is 19.8 Å². The van der Waals surface area contributed by atoms with Gasteiger partial charge in [0.25, 0.3) is 5.91 Å². The zero-order valence-corrected chi connectivity index (χ0v) is 20.7. The molecule has 0 heterocycles. The van der Waals surface area contributed by atoms with Crippen molar-refractivity contribution in [3.8, 4) is 17.2 Å². The molecule has 0 unspecified atom stereocenters. The largest absolute Gasteiger partial charge is 0.494 e. The zero-order valence-electron chi connectivity index (χ0n) is 19.2. The Morgan fingerprint density at radius 3 is 2.37 bits per heavy atom. The highest BCUT2D eigenvalue weighted by Gasteiger charge is 2.14. The first-order chi connectivity index (χ1) is 16.9. The Bertz CT molecular complexity index is 1210. The van der Waals surface area contributed by atoms with Gasteiger partial charge in [0.1, 0.15) is 5.75 Å². The molecule has 0 saturated carbocycles. The second-order valence-electron chi connectivity index (χ2n) is 7.35. The number of benzene rings is 3. The number of rotatable bonds is 10. The fraction of sp³-hybridized carbons (Fsp3) is 0.192. The first-order valence-electron chi connectivity index (χ1n) is 10.8. The molecular formula is C26H24Cl2N2O5. The number of unbranched alkanes of at least 4 members (excludes halogenated alkanes) is 1. The van der Waals surface area contributed by atoms with Gasteiger partial charge in [0.05, 0.1) is 35.5 Å². The van der Waals surface area contributed by atoms with Crippen LogP contribution >= 0.6 is 23.2 Å². The normalized spacial score (nSPS) is 10.7. The van der Waals surface area contributed by atoms with Crippen molar-refractivity contribution in [3.63, 3.8) is 0 Å². The van der Waals surface area contributed by atoms with Gasteiger partial charge in [-0.2, -0.15) is 5.10 Å². The number of nitrogens with one attached hydrogen (secondary N) is 1. The Morgan fingerprint density at radius 1 is 0.943 bits per heavy atom. The molecule has 0 fully saturated rings. The van der Waals surface area contributed by atoms with Gasteiger partial charge in [-0.05, 0) is 72.6 Å². The second-order valence-corrected chi connectivity index (χ2v) is 8.17. The van der Waals surface area contributed by atoms with E-state index in [1.54, 1.807) is 42.5 Å². The lowest BCUT2D eigenvalue weighted by Crippen LogP contribution is -2.17. The molecule has 1 amide bonds. The molecule has 182 valence electrons.